The number of hydrogen-bond donors (Lipinski definition) is 0. The number of amidine groups is 1. The first kappa shape index (κ1) is 22.1. The zero-order valence-corrected chi connectivity index (χ0v) is 18.5. The van der Waals surface area contributed by atoms with Gasteiger partial charge in [-0.05, 0) is 36.5 Å². The first-order valence-corrected chi connectivity index (χ1v) is 10.8. The zero-order valence-electron chi connectivity index (χ0n) is 16.9. The van der Waals surface area contributed by atoms with Crippen LogP contribution in [0, 0.1) is 0 Å². The first-order chi connectivity index (χ1) is 12.5. The molecule has 1 aliphatic heterocycles. The van der Waals surface area contributed by atoms with Gasteiger partial charge in [-0.1, -0.05) is 57.0 Å². The molecule has 4 nitrogen and oxygen atoms in total. The summed E-state index contributed by atoms with van der Waals surface area (Å²) in [6, 6.07) is 8.88. The van der Waals surface area contributed by atoms with Gasteiger partial charge in [0.25, 0.3) is 0 Å². The average Bonchev–Trinajstić information content (AvgIpc) is 2.97. The van der Waals surface area contributed by atoms with E-state index in [9.17, 15) is 4.79 Å². The summed E-state index contributed by atoms with van der Waals surface area (Å²) in [5.74, 6) is 1.44. The van der Waals surface area contributed by atoms with Crippen molar-refractivity contribution in [2.45, 2.75) is 71.0 Å². The lowest BCUT2D eigenvalue weighted by atomic mass is 9.96. The van der Waals surface area contributed by atoms with E-state index in [1.807, 2.05) is 4.90 Å². The minimum absolute atomic E-state index is 0. The van der Waals surface area contributed by atoms with Crippen molar-refractivity contribution in [2.75, 3.05) is 17.7 Å². The second-order valence-corrected chi connectivity index (χ2v) is 8.73. The van der Waals surface area contributed by atoms with E-state index >= 15 is 0 Å². The molecule has 2 aliphatic rings. The van der Waals surface area contributed by atoms with E-state index in [0.29, 0.717) is 12.0 Å². The Morgan fingerprint density at radius 2 is 1.81 bits per heavy atom. The quantitative estimate of drug-likeness (QED) is 0.678. The van der Waals surface area contributed by atoms with Crippen LogP contribution < -0.4 is 4.90 Å². The molecule has 1 aromatic carbocycles. The summed E-state index contributed by atoms with van der Waals surface area (Å²) in [5, 5.41) is 1.09. The van der Waals surface area contributed by atoms with Gasteiger partial charge < -0.3 is 4.90 Å². The van der Waals surface area contributed by atoms with Gasteiger partial charge in [-0.15, -0.1) is 12.4 Å². The van der Waals surface area contributed by atoms with Gasteiger partial charge in [0.05, 0.1) is 6.04 Å². The van der Waals surface area contributed by atoms with E-state index in [1.54, 1.807) is 18.7 Å². The second kappa shape index (κ2) is 9.83. The smallest absolute Gasteiger partial charge is 0.225 e. The van der Waals surface area contributed by atoms with Crippen LogP contribution in [0.3, 0.4) is 0 Å². The second-order valence-electron chi connectivity index (χ2n) is 7.74. The molecule has 1 saturated heterocycles. The van der Waals surface area contributed by atoms with E-state index < -0.39 is 0 Å². The molecule has 1 amide bonds. The molecule has 1 saturated carbocycles. The Bertz CT molecular complexity index is 656. The van der Waals surface area contributed by atoms with Gasteiger partial charge >= 0.3 is 0 Å². The molecular weight excluding hydrogens is 378 g/mol. The molecule has 150 valence electrons. The Morgan fingerprint density at radius 1 is 1.19 bits per heavy atom. The number of thioether (sulfide) groups is 1. The van der Waals surface area contributed by atoms with Crippen LogP contribution in [0.15, 0.2) is 29.3 Å². The first-order valence-electron chi connectivity index (χ1n) is 9.80. The highest BCUT2D eigenvalue weighted by atomic mass is 35.5. The maximum absolute atomic E-state index is 12.4. The Balaban J connectivity index is 0.00000261. The van der Waals surface area contributed by atoms with E-state index in [4.69, 9.17) is 4.99 Å². The SMILES string of the molecule is CC(=O)N(c1ccc(C(C)C)cc1)C1CSC(=NC2CCCCC2)N1C.Cl. The molecular formula is C21H32ClN3OS. The van der Waals surface area contributed by atoms with Gasteiger partial charge in [0.2, 0.25) is 5.91 Å². The monoisotopic (exact) mass is 409 g/mol. The van der Waals surface area contributed by atoms with Crippen molar-refractivity contribution in [2.24, 2.45) is 4.99 Å². The number of aliphatic imine (C=N–C) groups is 1. The molecule has 3 rings (SSSR count). The van der Waals surface area contributed by atoms with Crippen LogP contribution in [0.25, 0.3) is 0 Å². The lowest BCUT2D eigenvalue weighted by molar-refractivity contribution is -0.117. The van der Waals surface area contributed by atoms with Gasteiger partial charge in [-0.3, -0.25) is 14.7 Å². The van der Waals surface area contributed by atoms with E-state index in [0.717, 1.165) is 16.6 Å². The number of hydrogen-bond acceptors (Lipinski definition) is 3. The van der Waals surface area contributed by atoms with Crippen LogP contribution in [0.4, 0.5) is 5.69 Å². The number of carbonyl (C=O) groups excluding carboxylic acids is 1. The van der Waals surface area contributed by atoms with Gasteiger partial charge in [0.15, 0.2) is 5.17 Å². The highest BCUT2D eigenvalue weighted by molar-refractivity contribution is 8.14. The third-order valence-electron chi connectivity index (χ3n) is 5.45. The van der Waals surface area contributed by atoms with Gasteiger partial charge in [-0.25, -0.2) is 0 Å². The van der Waals surface area contributed by atoms with E-state index in [2.05, 4.69) is 50.1 Å². The largest absolute Gasteiger partial charge is 0.333 e. The third kappa shape index (κ3) is 5.20. The molecule has 1 aliphatic carbocycles. The Hall–Kier alpha value is -1.20. The topological polar surface area (TPSA) is 35.9 Å². The number of anilines is 1. The Labute approximate surface area is 174 Å². The van der Waals surface area contributed by atoms with Crippen molar-refractivity contribution in [1.29, 1.82) is 0 Å². The van der Waals surface area contributed by atoms with E-state index in [-0.39, 0.29) is 24.5 Å². The maximum Gasteiger partial charge on any atom is 0.225 e. The molecule has 0 radical (unpaired) electrons. The van der Waals surface area contributed by atoms with Crippen molar-refractivity contribution < 1.29 is 4.79 Å². The van der Waals surface area contributed by atoms with Crippen molar-refractivity contribution in [3.63, 3.8) is 0 Å². The molecule has 1 aromatic rings. The predicted molar refractivity (Wildman–Crippen MR) is 119 cm³/mol. The predicted octanol–water partition coefficient (Wildman–Crippen LogP) is 5.28. The summed E-state index contributed by atoms with van der Waals surface area (Å²) in [6.45, 7) is 6.03. The number of carbonyl (C=O) groups is 1. The van der Waals surface area contributed by atoms with Gasteiger partial charge in [0.1, 0.15) is 6.17 Å². The summed E-state index contributed by atoms with van der Waals surface area (Å²) in [7, 11) is 2.07. The van der Waals surface area contributed by atoms with Crippen LogP contribution in [0.5, 0.6) is 0 Å². The number of benzene rings is 1. The van der Waals surface area contributed by atoms with Crippen LogP contribution in [-0.4, -0.2) is 41.0 Å². The van der Waals surface area contributed by atoms with Crippen LogP contribution in [0.2, 0.25) is 0 Å². The molecule has 0 aromatic heterocycles. The molecule has 1 unspecified atom stereocenters. The molecule has 0 spiro atoms. The fourth-order valence-corrected chi connectivity index (χ4v) is 5.04. The average molecular weight is 410 g/mol. The van der Waals surface area contributed by atoms with Crippen LogP contribution >= 0.6 is 24.2 Å². The van der Waals surface area contributed by atoms with Crippen LogP contribution in [0.1, 0.15) is 64.4 Å². The van der Waals surface area contributed by atoms with Crippen molar-refractivity contribution in [3.8, 4) is 0 Å². The minimum Gasteiger partial charge on any atom is -0.333 e. The van der Waals surface area contributed by atoms with Crippen LogP contribution in [-0.2, 0) is 4.79 Å². The lowest BCUT2D eigenvalue weighted by Gasteiger charge is -2.33. The highest BCUT2D eigenvalue weighted by Crippen LogP contribution is 2.31. The maximum atomic E-state index is 12.4. The third-order valence-corrected chi connectivity index (χ3v) is 6.57. The Kier molecular flexibility index (Phi) is 8.04. The standard InChI is InChI=1S/C21H31N3OS.ClH/c1-15(2)17-10-12-19(13-11-17)24(16(3)25)20-14-26-21(23(20)4)22-18-8-6-5-7-9-18;/h10-13,15,18,20H,5-9,14H2,1-4H3;1H. The normalized spacial score (nSPS) is 22.2. The Morgan fingerprint density at radius 3 is 2.37 bits per heavy atom. The van der Waals surface area contributed by atoms with Crippen molar-refractivity contribution in [3.05, 3.63) is 29.8 Å². The summed E-state index contributed by atoms with van der Waals surface area (Å²) >= 11 is 1.78. The molecule has 2 fully saturated rings. The highest BCUT2D eigenvalue weighted by Gasteiger charge is 2.35. The zero-order chi connectivity index (χ0) is 18.7. The fourth-order valence-electron chi connectivity index (χ4n) is 3.82. The number of nitrogens with zero attached hydrogens (tertiary/aromatic N) is 3. The summed E-state index contributed by atoms with van der Waals surface area (Å²) in [6.07, 6.45) is 6.37. The molecule has 1 heterocycles. The number of amides is 1. The van der Waals surface area contributed by atoms with Crippen molar-refractivity contribution in [1.82, 2.24) is 4.90 Å². The number of halogens is 1. The van der Waals surface area contributed by atoms with Gasteiger partial charge in [0, 0.05) is 25.4 Å². The molecule has 1 atom stereocenters. The molecule has 27 heavy (non-hydrogen) atoms. The lowest BCUT2D eigenvalue weighted by Crippen LogP contribution is -2.48. The number of rotatable bonds is 4. The summed E-state index contributed by atoms with van der Waals surface area (Å²) in [4.78, 5) is 21.6. The van der Waals surface area contributed by atoms with Crippen molar-refractivity contribution >= 4 is 40.9 Å². The summed E-state index contributed by atoms with van der Waals surface area (Å²) in [5.41, 5.74) is 2.27. The van der Waals surface area contributed by atoms with Gasteiger partial charge in [-0.2, -0.15) is 0 Å². The minimum atomic E-state index is 0. The molecule has 0 N–H and O–H groups in total. The molecule has 0 bridgehead atoms. The van der Waals surface area contributed by atoms with E-state index in [1.165, 1.54) is 37.7 Å². The fraction of sp³-hybridized carbons (Fsp3) is 0.619. The summed E-state index contributed by atoms with van der Waals surface area (Å²) < 4.78 is 0. The molecule has 6 heteroatoms.